The fourth-order valence-corrected chi connectivity index (χ4v) is 2.88. The Bertz CT molecular complexity index is 701. The van der Waals surface area contributed by atoms with Gasteiger partial charge in [-0.15, -0.1) is 0 Å². The summed E-state index contributed by atoms with van der Waals surface area (Å²) in [4.78, 5) is 11.4. The Morgan fingerprint density at radius 2 is 2.14 bits per heavy atom. The van der Waals surface area contributed by atoms with Crippen LogP contribution in [0.25, 0.3) is 5.52 Å². The predicted octanol–water partition coefficient (Wildman–Crippen LogP) is 3.35. The second-order valence-electron chi connectivity index (χ2n) is 6.12. The maximum absolute atomic E-state index is 12.9. The molecule has 0 amide bonds. The van der Waals surface area contributed by atoms with E-state index in [2.05, 4.69) is 5.10 Å². The van der Waals surface area contributed by atoms with Crippen molar-refractivity contribution in [1.82, 2.24) is 9.61 Å². The number of nitrogens with zero attached hydrogens (tertiary/aromatic N) is 2. The van der Waals surface area contributed by atoms with Crippen molar-refractivity contribution in [2.75, 3.05) is 6.61 Å². The number of carbonyl (C=O) groups is 1. The Hall–Kier alpha value is -1.98. The van der Waals surface area contributed by atoms with Crippen LogP contribution in [-0.2, 0) is 0 Å². The fraction of sp³-hybridized carbons (Fsp3) is 0.467. The number of ketones is 1. The van der Waals surface area contributed by atoms with Crippen LogP contribution in [0.1, 0.15) is 37.0 Å². The first kappa shape index (κ1) is 14.0. The third kappa shape index (κ3) is 2.62. The lowest BCUT2D eigenvalue weighted by molar-refractivity contribution is -0.164. The summed E-state index contributed by atoms with van der Waals surface area (Å²) >= 11 is 0. The van der Waals surface area contributed by atoms with Gasteiger partial charge in [0.15, 0.2) is 5.78 Å². The highest BCUT2D eigenvalue weighted by Crippen LogP contribution is 2.51. The van der Waals surface area contributed by atoms with E-state index in [1.165, 1.54) is 13.1 Å². The maximum Gasteiger partial charge on any atom is 0.249 e. The van der Waals surface area contributed by atoms with E-state index in [0.717, 1.165) is 0 Å². The molecule has 0 aromatic carbocycles. The van der Waals surface area contributed by atoms with Gasteiger partial charge < -0.3 is 4.74 Å². The average molecular weight is 294 g/mol. The molecule has 1 aliphatic rings. The zero-order valence-corrected chi connectivity index (χ0v) is 11.9. The molecule has 0 radical (unpaired) electrons. The number of Topliss-reactive ketones (excluding diaryl/α,β-unsaturated/α-hetero) is 1. The van der Waals surface area contributed by atoms with Gasteiger partial charge in [-0.25, -0.2) is 13.3 Å². The highest BCUT2D eigenvalue weighted by atomic mass is 19.3. The summed E-state index contributed by atoms with van der Waals surface area (Å²) in [7, 11) is 0. The molecule has 21 heavy (non-hydrogen) atoms. The number of aromatic nitrogens is 2. The van der Waals surface area contributed by atoms with Crippen molar-refractivity contribution in [1.29, 1.82) is 0 Å². The van der Waals surface area contributed by atoms with E-state index in [9.17, 15) is 13.6 Å². The first-order valence-corrected chi connectivity index (χ1v) is 6.77. The molecule has 112 valence electrons. The van der Waals surface area contributed by atoms with Gasteiger partial charge in [0, 0.05) is 18.3 Å². The number of carbonyl (C=O) groups excluding carboxylic acids is 1. The van der Waals surface area contributed by atoms with Crippen LogP contribution >= 0.6 is 0 Å². The molecule has 3 rings (SSSR count). The third-order valence-electron chi connectivity index (χ3n) is 3.83. The molecule has 0 N–H and O–H groups in total. The molecule has 2 aromatic heterocycles. The predicted molar refractivity (Wildman–Crippen MR) is 73.0 cm³/mol. The van der Waals surface area contributed by atoms with E-state index in [1.54, 1.807) is 29.8 Å². The summed E-state index contributed by atoms with van der Waals surface area (Å²) in [6, 6.07) is 3.47. The molecule has 6 heteroatoms. The average Bonchev–Trinajstić information content (AvgIpc) is 2.77. The van der Waals surface area contributed by atoms with Crippen molar-refractivity contribution in [3.8, 4) is 5.75 Å². The highest BCUT2D eigenvalue weighted by Gasteiger charge is 2.54. The lowest BCUT2D eigenvalue weighted by Crippen LogP contribution is -2.47. The summed E-state index contributed by atoms with van der Waals surface area (Å²) in [5.74, 6) is -2.06. The monoisotopic (exact) mass is 294 g/mol. The summed E-state index contributed by atoms with van der Waals surface area (Å²) in [6.07, 6.45) is 2.88. The topological polar surface area (TPSA) is 43.6 Å². The van der Waals surface area contributed by atoms with Gasteiger partial charge in [-0.2, -0.15) is 5.10 Å². The van der Waals surface area contributed by atoms with Gasteiger partial charge in [-0.05, 0) is 19.1 Å². The second kappa shape index (κ2) is 4.51. The molecule has 0 spiro atoms. The van der Waals surface area contributed by atoms with Crippen molar-refractivity contribution in [2.45, 2.75) is 32.6 Å². The number of alkyl halides is 2. The van der Waals surface area contributed by atoms with Gasteiger partial charge in [0.05, 0.1) is 30.1 Å². The molecule has 0 bridgehead atoms. The Morgan fingerprint density at radius 1 is 1.43 bits per heavy atom. The van der Waals surface area contributed by atoms with Crippen LogP contribution in [0.2, 0.25) is 0 Å². The molecule has 2 heterocycles. The van der Waals surface area contributed by atoms with Crippen LogP contribution in [0, 0.1) is 5.41 Å². The van der Waals surface area contributed by atoms with Crippen molar-refractivity contribution in [3.63, 3.8) is 0 Å². The molecule has 0 saturated heterocycles. The van der Waals surface area contributed by atoms with Crippen molar-refractivity contribution >= 4 is 11.3 Å². The largest absolute Gasteiger partial charge is 0.491 e. The Kier molecular flexibility index (Phi) is 3.00. The maximum atomic E-state index is 12.9. The zero-order chi connectivity index (χ0) is 15.3. The molecular formula is C15H16F2N2O2. The van der Waals surface area contributed by atoms with E-state index in [4.69, 9.17) is 4.74 Å². The normalized spacial score (nSPS) is 19.2. The molecule has 0 aliphatic heterocycles. The number of pyridine rings is 1. The molecule has 1 aliphatic carbocycles. The van der Waals surface area contributed by atoms with Crippen molar-refractivity contribution in [2.24, 2.45) is 5.41 Å². The van der Waals surface area contributed by atoms with E-state index in [0.29, 0.717) is 16.8 Å². The van der Waals surface area contributed by atoms with Gasteiger partial charge in [-0.1, -0.05) is 6.92 Å². The lowest BCUT2D eigenvalue weighted by Gasteiger charge is -2.44. The van der Waals surface area contributed by atoms with Crippen LogP contribution in [0.5, 0.6) is 5.75 Å². The number of ether oxygens (including phenoxy) is 1. The number of rotatable bonds is 4. The Balaban J connectivity index is 1.72. The first-order valence-electron chi connectivity index (χ1n) is 6.77. The van der Waals surface area contributed by atoms with Gasteiger partial charge >= 0.3 is 0 Å². The van der Waals surface area contributed by atoms with Crippen molar-refractivity contribution in [3.05, 3.63) is 30.1 Å². The minimum absolute atomic E-state index is 0.0529. The minimum Gasteiger partial charge on any atom is -0.491 e. The standard InChI is InChI=1S/C15H16F2N2O2/c1-10(20)12-5-18-19-6-11(3-4-13(12)19)21-9-14(2)7-15(16,17)8-14/h3-6H,7-9H2,1-2H3. The zero-order valence-electron chi connectivity index (χ0n) is 11.9. The number of fused-ring (bicyclic) bond motifs is 1. The van der Waals surface area contributed by atoms with Crippen LogP contribution in [0.4, 0.5) is 8.78 Å². The molecule has 0 unspecified atom stereocenters. The summed E-state index contributed by atoms with van der Waals surface area (Å²) in [5, 5.41) is 4.10. The summed E-state index contributed by atoms with van der Waals surface area (Å²) in [6.45, 7) is 3.53. The fourth-order valence-electron chi connectivity index (χ4n) is 2.88. The third-order valence-corrected chi connectivity index (χ3v) is 3.83. The van der Waals surface area contributed by atoms with Gasteiger partial charge in [0.1, 0.15) is 5.75 Å². The van der Waals surface area contributed by atoms with E-state index >= 15 is 0 Å². The van der Waals surface area contributed by atoms with Gasteiger partial charge in [-0.3, -0.25) is 4.79 Å². The number of hydrogen-bond donors (Lipinski definition) is 0. The lowest BCUT2D eigenvalue weighted by atomic mass is 9.68. The molecule has 4 nitrogen and oxygen atoms in total. The van der Waals surface area contributed by atoms with E-state index < -0.39 is 11.3 Å². The Morgan fingerprint density at radius 3 is 2.76 bits per heavy atom. The molecule has 2 aromatic rings. The molecular weight excluding hydrogens is 278 g/mol. The summed E-state index contributed by atoms with van der Waals surface area (Å²) in [5.41, 5.74) is 0.774. The highest BCUT2D eigenvalue weighted by molar-refractivity contribution is 6.00. The van der Waals surface area contributed by atoms with Crippen LogP contribution < -0.4 is 4.74 Å². The van der Waals surface area contributed by atoms with E-state index in [-0.39, 0.29) is 25.2 Å². The minimum atomic E-state index is -2.56. The molecule has 1 saturated carbocycles. The van der Waals surface area contributed by atoms with Crippen LogP contribution in [0.3, 0.4) is 0 Å². The second-order valence-corrected chi connectivity index (χ2v) is 6.12. The van der Waals surface area contributed by atoms with Gasteiger partial charge in [0.25, 0.3) is 0 Å². The SMILES string of the molecule is CC(=O)c1cnn2cc(OCC3(C)CC(F)(F)C3)ccc12. The summed E-state index contributed by atoms with van der Waals surface area (Å²) < 4.78 is 33.1. The van der Waals surface area contributed by atoms with E-state index in [1.807, 2.05) is 0 Å². The Labute approximate surface area is 120 Å². The molecule has 1 fully saturated rings. The smallest absolute Gasteiger partial charge is 0.249 e. The quantitative estimate of drug-likeness (QED) is 0.812. The number of halogens is 2. The van der Waals surface area contributed by atoms with Crippen molar-refractivity contribution < 1.29 is 18.3 Å². The van der Waals surface area contributed by atoms with Gasteiger partial charge in [0.2, 0.25) is 5.92 Å². The first-order chi connectivity index (χ1) is 9.78. The van der Waals surface area contributed by atoms with Crippen LogP contribution in [0.15, 0.2) is 24.5 Å². The molecule has 0 atom stereocenters. The van der Waals surface area contributed by atoms with Crippen LogP contribution in [-0.4, -0.2) is 27.9 Å². The number of hydrogen-bond acceptors (Lipinski definition) is 3.